The number of rotatable bonds is 0. The van der Waals surface area contributed by atoms with Gasteiger partial charge in [0, 0.05) is 6.47 Å². The second-order valence-corrected chi connectivity index (χ2v) is 0.0962. The Hall–Kier alpha value is -0.0375. The molecule has 0 saturated carbocycles. The first-order chi connectivity index (χ1) is 1.41. The minimum Gasteiger partial charge on any atom is -0.554 e. The molecule has 3 nitrogen and oxygen atoms in total. The minimum atomic E-state index is -0.500. The second-order valence-electron chi connectivity index (χ2n) is 0.0962. The van der Waals surface area contributed by atoms with Crippen molar-refractivity contribution in [3.63, 3.8) is 0 Å². The van der Waals surface area contributed by atoms with Crippen molar-refractivity contribution in [1.29, 1.82) is 0 Å². The number of carboxylic acid groups (broad SMARTS) is 1. The Labute approximate surface area is 40.0 Å². The summed E-state index contributed by atoms with van der Waals surface area (Å²) in [6.45, 7) is -0.500. The van der Waals surface area contributed by atoms with Gasteiger partial charge in [-0.05, 0) is 0 Å². The predicted octanol–water partition coefficient (Wildman–Crippen LogP) is -2.84. The van der Waals surface area contributed by atoms with Crippen LogP contribution < -0.4 is 5.11 Å². The number of hydrogen-bond donors (Lipinski definition) is 0. The normalized spacial score (nSPS) is 2.40. The maximum atomic E-state index is 8.25. The van der Waals surface area contributed by atoms with Crippen LogP contribution in [0, 0.1) is 0 Å². The van der Waals surface area contributed by atoms with Crippen molar-refractivity contribution in [2.45, 2.75) is 0 Å². The summed E-state index contributed by atoms with van der Waals surface area (Å²) in [5.74, 6) is 0. The maximum Gasteiger partial charge on any atom is 3.00 e. The Morgan fingerprint density at radius 3 is 1.60 bits per heavy atom. The molecule has 0 saturated heterocycles. The maximum absolute atomic E-state index is 8.25. The van der Waals surface area contributed by atoms with E-state index in [1.165, 1.54) is 0 Å². The molecule has 0 aromatic rings. The van der Waals surface area contributed by atoms with Gasteiger partial charge < -0.3 is 15.4 Å². The van der Waals surface area contributed by atoms with E-state index < -0.39 is 6.47 Å². The fraction of sp³-hybridized carbons (Fsp3) is 0. The monoisotopic (exact) mass is 90.0 g/mol. The van der Waals surface area contributed by atoms with E-state index in [0.717, 1.165) is 0 Å². The van der Waals surface area contributed by atoms with Gasteiger partial charge >= 0.3 is 17.4 Å². The first-order valence-electron chi connectivity index (χ1n) is 0.471. The first kappa shape index (κ1) is 20.2. The first-order valence-corrected chi connectivity index (χ1v) is 0.471. The molecule has 0 spiro atoms. The van der Waals surface area contributed by atoms with Crippen LogP contribution in [0.5, 0.6) is 0 Å². The molecule has 0 aliphatic carbocycles. The zero-order valence-corrected chi connectivity index (χ0v) is 3.63. The average Bonchev–Trinajstić information content (AvgIpc) is 0.918. The summed E-state index contributed by atoms with van der Waals surface area (Å²) >= 11 is 0. The molecule has 5 heavy (non-hydrogen) atoms. The predicted molar refractivity (Wildman–Crippen MR) is 15.4 cm³/mol. The SMILES string of the molecule is O.O=C[O-].[Al+3]. The molecule has 0 atom stereocenters. The third kappa shape index (κ3) is 10800. The summed E-state index contributed by atoms with van der Waals surface area (Å²) in [5.41, 5.74) is 0. The largest absolute Gasteiger partial charge is 3.00 e. The molecular formula is CH3AlO3+2. The molecule has 0 aliphatic rings. The molecule has 0 unspecified atom stereocenters. The van der Waals surface area contributed by atoms with E-state index in [0.29, 0.717) is 0 Å². The van der Waals surface area contributed by atoms with Gasteiger partial charge in [0.05, 0.1) is 0 Å². The van der Waals surface area contributed by atoms with Crippen LogP contribution in [0.3, 0.4) is 0 Å². The van der Waals surface area contributed by atoms with Crippen LogP contribution in [0.15, 0.2) is 0 Å². The van der Waals surface area contributed by atoms with Crippen molar-refractivity contribution >= 4 is 23.8 Å². The Morgan fingerprint density at radius 1 is 1.60 bits per heavy atom. The third-order valence-corrected chi connectivity index (χ3v) is 0. The smallest absolute Gasteiger partial charge is 0.554 e. The van der Waals surface area contributed by atoms with Gasteiger partial charge in [0.15, 0.2) is 0 Å². The van der Waals surface area contributed by atoms with Crippen molar-refractivity contribution in [1.82, 2.24) is 0 Å². The van der Waals surface area contributed by atoms with E-state index in [-0.39, 0.29) is 22.8 Å². The van der Waals surface area contributed by atoms with Crippen molar-refractivity contribution in [2.75, 3.05) is 0 Å². The van der Waals surface area contributed by atoms with Crippen molar-refractivity contribution < 1.29 is 15.4 Å². The molecule has 0 amide bonds. The molecule has 0 aromatic carbocycles. The Morgan fingerprint density at radius 2 is 1.60 bits per heavy atom. The van der Waals surface area contributed by atoms with Gasteiger partial charge in [-0.15, -0.1) is 0 Å². The van der Waals surface area contributed by atoms with Gasteiger partial charge in [-0.25, -0.2) is 0 Å². The molecule has 0 bridgehead atoms. The van der Waals surface area contributed by atoms with E-state index in [1.807, 2.05) is 0 Å². The number of carbonyl (C=O) groups is 1. The topological polar surface area (TPSA) is 71.6 Å². The Balaban J connectivity index is -0.0000000200. The van der Waals surface area contributed by atoms with Crippen molar-refractivity contribution in [3.05, 3.63) is 0 Å². The van der Waals surface area contributed by atoms with Gasteiger partial charge in [0.1, 0.15) is 0 Å². The molecule has 0 radical (unpaired) electrons. The zero-order chi connectivity index (χ0) is 2.71. The molecule has 0 rings (SSSR count). The van der Waals surface area contributed by atoms with Crippen LogP contribution in [-0.2, 0) is 4.79 Å². The van der Waals surface area contributed by atoms with E-state index >= 15 is 0 Å². The molecule has 0 aromatic heterocycles. The van der Waals surface area contributed by atoms with E-state index in [2.05, 4.69) is 0 Å². The molecule has 2 N–H and O–H groups in total. The Bertz CT molecular complexity index is 14.4. The molecule has 4 heteroatoms. The summed E-state index contributed by atoms with van der Waals surface area (Å²) in [6, 6.07) is 0. The number of carbonyl (C=O) groups excluding carboxylic acids is 1. The summed E-state index contributed by atoms with van der Waals surface area (Å²) < 4.78 is 0. The summed E-state index contributed by atoms with van der Waals surface area (Å²) in [6.07, 6.45) is 0. The van der Waals surface area contributed by atoms with Crippen LogP contribution >= 0.6 is 0 Å². The van der Waals surface area contributed by atoms with Crippen LogP contribution in [0.25, 0.3) is 0 Å². The van der Waals surface area contributed by atoms with Gasteiger partial charge in [-0.2, -0.15) is 0 Å². The van der Waals surface area contributed by atoms with Crippen LogP contribution in [0.4, 0.5) is 0 Å². The molecular weight excluding hydrogens is 87.0 g/mol. The van der Waals surface area contributed by atoms with Crippen molar-refractivity contribution in [2.24, 2.45) is 0 Å². The van der Waals surface area contributed by atoms with E-state index in [9.17, 15) is 0 Å². The quantitative estimate of drug-likeness (QED) is 0.237. The van der Waals surface area contributed by atoms with Gasteiger partial charge in [0.2, 0.25) is 0 Å². The summed E-state index contributed by atoms with van der Waals surface area (Å²) in [5, 5.41) is 8.25. The molecule has 0 fully saturated rings. The molecule has 0 aliphatic heterocycles. The zero-order valence-electron chi connectivity index (χ0n) is 2.47. The summed E-state index contributed by atoms with van der Waals surface area (Å²) in [4.78, 5) is 8.25. The van der Waals surface area contributed by atoms with Crippen molar-refractivity contribution in [3.8, 4) is 0 Å². The second kappa shape index (κ2) is 37.5. The fourth-order valence-electron chi connectivity index (χ4n) is 0. The summed E-state index contributed by atoms with van der Waals surface area (Å²) in [7, 11) is 0. The van der Waals surface area contributed by atoms with Gasteiger partial charge in [-0.1, -0.05) is 0 Å². The fourth-order valence-corrected chi connectivity index (χ4v) is 0. The van der Waals surface area contributed by atoms with E-state index in [1.54, 1.807) is 0 Å². The van der Waals surface area contributed by atoms with Crippen LogP contribution in [-0.4, -0.2) is 29.3 Å². The minimum absolute atomic E-state index is 0. The molecule has 0 heterocycles. The Kier molecular flexibility index (Phi) is 152. The van der Waals surface area contributed by atoms with Crippen LogP contribution in [0.2, 0.25) is 0 Å². The van der Waals surface area contributed by atoms with Gasteiger partial charge in [0.25, 0.3) is 0 Å². The standard InChI is InChI=1S/CH2O2.Al.H2O/c2-1-3;;/h1H,(H,2,3);;1H2/q;+3;/p-1. The van der Waals surface area contributed by atoms with Crippen LogP contribution in [0.1, 0.15) is 0 Å². The van der Waals surface area contributed by atoms with E-state index in [4.69, 9.17) is 9.90 Å². The molecule has 26 valence electrons. The van der Waals surface area contributed by atoms with Gasteiger partial charge in [-0.3, -0.25) is 0 Å². The number of hydrogen-bond acceptors (Lipinski definition) is 2. The average molecular weight is 90.0 g/mol. The third-order valence-electron chi connectivity index (χ3n) is 0.